The topological polar surface area (TPSA) is 118 Å². The fourth-order valence-electron chi connectivity index (χ4n) is 2.45. The first-order valence-corrected chi connectivity index (χ1v) is 10.5. The molecule has 0 fully saturated rings. The molecule has 0 N–H and O–H groups in total. The average Bonchev–Trinajstić information content (AvgIpc) is 2.80. The van der Waals surface area contributed by atoms with Crippen LogP contribution in [0.2, 0.25) is 0 Å². The third kappa shape index (κ3) is 15.1. The maximum atomic E-state index is 11.9. The standard InChI is InChI=1S/C22H35NO9/c1-6-23(7-2)14-8-9-17(3)30-15-18(32-22(27)13-11-20(25)29-5)16-31-21(26)12-10-19(24)28-4/h10-13,17-18H,6-9,14-16H2,1-5H3/b12-10+,13-11+. The lowest BCUT2D eigenvalue weighted by molar-refractivity contribution is -0.157. The molecule has 0 bridgehead atoms. The second-order valence-electron chi connectivity index (χ2n) is 6.71. The summed E-state index contributed by atoms with van der Waals surface area (Å²) in [5.74, 6) is -3.05. The highest BCUT2D eigenvalue weighted by atomic mass is 16.6. The molecule has 0 aliphatic rings. The minimum atomic E-state index is -0.912. The van der Waals surface area contributed by atoms with E-state index >= 15 is 0 Å². The van der Waals surface area contributed by atoms with Gasteiger partial charge in [-0.25, -0.2) is 19.2 Å². The first kappa shape index (κ1) is 29.3. The van der Waals surface area contributed by atoms with Crippen LogP contribution in [0, 0.1) is 0 Å². The quantitative estimate of drug-likeness (QED) is 0.191. The van der Waals surface area contributed by atoms with Gasteiger partial charge in [-0.15, -0.1) is 0 Å². The lowest BCUT2D eigenvalue weighted by Gasteiger charge is -2.21. The number of rotatable bonds is 16. The first-order valence-electron chi connectivity index (χ1n) is 10.5. The molecule has 10 heteroatoms. The van der Waals surface area contributed by atoms with Gasteiger partial charge in [0.1, 0.15) is 6.61 Å². The van der Waals surface area contributed by atoms with Gasteiger partial charge in [0.15, 0.2) is 6.10 Å². The third-order valence-corrected chi connectivity index (χ3v) is 4.35. The Balaban J connectivity index is 4.76. The highest BCUT2D eigenvalue weighted by Crippen LogP contribution is 2.07. The largest absolute Gasteiger partial charge is 0.466 e. The zero-order valence-corrected chi connectivity index (χ0v) is 19.5. The van der Waals surface area contributed by atoms with E-state index in [-0.39, 0.29) is 19.3 Å². The minimum absolute atomic E-state index is 0.0156. The van der Waals surface area contributed by atoms with E-state index in [1.807, 2.05) is 6.92 Å². The molecule has 0 amide bonds. The lowest BCUT2D eigenvalue weighted by Crippen LogP contribution is -2.31. The zero-order valence-electron chi connectivity index (χ0n) is 19.5. The van der Waals surface area contributed by atoms with Gasteiger partial charge in [-0.3, -0.25) is 0 Å². The molecule has 2 unspecified atom stereocenters. The summed E-state index contributed by atoms with van der Waals surface area (Å²) in [6, 6.07) is 0. The van der Waals surface area contributed by atoms with E-state index in [1.165, 1.54) is 14.2 Å². The van der Waals surface area contributed by atoms with Crippen molar-refractivity contribution in [1.29, 1.82) is 0 Å². The monoisotopic (exact) mass is 457 g/mol. The van der Waals surface area contributed by atoms with Crippen molar-refractivity contribution in [2.75, 3.05) is 47.1 Å². The lowest BCUT2D eigenvalue weighted by atomic mass is 10.2. The molecule has 0 heterocycles. The van der Waals surface area contributed by atoms with Crippen molar-refractivity contribution in [3.05, 3.63) is 24.3 Å². The molecule has 0 saturated carbocycles. The van der Waals surface area contributed by atoms with Crippen LogP contribution in [0.25, 0.3) is 0 Å². The molecule has 0 rings (SSSR count). The number of carbonyl (C=O) groups excluding carboxylic acids is 4. The van der Waals surface area contributed by atoms with E-state index in [9.17, 15) is 19.2 Å². The Morgan fingerprint density at radius 1 is 0.812 bits per heavy atom. The Kier molecular flexibility index (Phi) is 16.4. The molecule has 10 nitrogen and oxygen atoms in total. The predicted octanol–water partition coefficient (Wildman–Crippen LogP) is 1.43. The van der Waals surface area contributed by atoms with Crippen LogP contribution in [0.3, 0.4) is 0 Å². The zero-order chi connectivity index (χ0) is 24.4. The number of hydrogen-bond donors (Lipinski definition) is 0. The van der Waals surface area contributed by atoms with Crippen LogP contribution >= 0.6 is 0 Å². The van der Waals surface area contributed by atoms with Gasteiger partial charge in [0.25, 0.3) is 0 Å². The summed E-state index contributed by atoms with van der Waals surface area (Å²) in [7, 11) is 2.35. The first-order chi connectivity index (χ1) is 15.2. The van der Waals surface area contributed by atoms with Gasteiger partial charge < -0.3 is 28.6 Å². The van der Waals surface area contributed by atoms with Gasteiger partial charge in [-0.2, -0.15) is 0 Å². The fourth-order valence-corrected chi connectivity index (χ4v) is 2.45. The van der Waals surface area contributed by atoms with E-state index < -0.39 is 30.0 Å². The molecule has 0 aromatic heterocycles. The van der Waals surface area contributed by atoms with Crippen LogP contribution in [0.5, 0.6) is 0 Å². The van der Waals surface area contributed by atoms with Crippen LogP contribution in [0.4, 0.5) is 0 Å². The van der Waals surface area contributed by atoms with E-state index in [0.29, 0.717) is 0 Å². The number of ether oxygens (including phenoxy) is 5. The number of carbonyl (C=O) groups is 4. The molecule has 0 aliphatic heterocycles. The second kappa shape index (κ2) is 17.9. The maximum absolute atomic E-state index is 11.9. The maximum Gasteiger partial charge on any atom is 0.331 e. The van der Waals surface area contributed by atoms with Crippen molar-refractivity contribution >= 4 is 23.9 Å². The van der Waals surface area contributed by atoms with Crippen molar-refractivity contribution in [2.24, 2.45) is 0 Å². The molecule has 0 aliphatic carbocycles. The summed E-state index contributed by atoms with van der Waals surface area (Å²) in [6.07, 6.45) is 4.38. The van der Waals surface area contributed by atoms with E-state index in [0.717, 1.165) is 56.8 Å². The molecule has 0 saturated heterocycles. The van der Waals surface area contributed by atoms with Gasteiger partial charge in [0.05, 0.1) is 26.9 Å². The normalized spacial score (nSPS) is 13.2. The summed E-state index contributed by atoms with van der Waals surface area (Å²) in [6.45, 7) is 8.74. The van der Waals surface area contributed by atoms with Crippen molar-refractivity contribution in [1.82, 2.24) is 4.90 Å². The van der Waals surface area contributed by atoms with Crippen LogP contribution < -0.4 is 0 Å². The van der Waals surface area contributed by atoms with Crippen molar-refractivity contribution in [3.8, 4) is 0 Å². The molecular weight excluding hydrogens is 422 g/mol. The smallest absolute Gasteiger partial charge is 0.331 e. The molecule has 182 valence electrons. The number of esters is 4. The molecule has 0 spiro atoms. The Morgan fingerprint density at radius 3 is 1.88 bits per heavy atom. The molecule has 2 atom stereocenters. The second-order valence-corrected chi connectivity index (χ2v) is 6.71. The molecule has 0 aromatic rings. The molecular formula is C22H35NO9. The highest BCUT2D eigenvalue weighted by Gasteiger charge is 2.18. The summed E-state index contributed by atoms with van der Waals surface area (Å²) >= 11 is 0. The van der Waals surface area contributed by atoms with Gasteiger partial charge in [-0.05, 0) is 39.4 Å². The summed E-state index contributed by atoms with van der Waals surface area (Å²) in [4.78, 5) is 48.1. The number of hydrogen-bond acceptors (Lipinski definition) is 10. The van der Waals surface area contributed by atoms with E-state index in [2.05, 4.69) is 28.2 Å². The van der Waals surface area contributed by atoms with Crippen molar-refractivity contribution < 1.29 is 42.9 Å². The van der Waals surface area contributed by atoms with Gasteiger partial charge in [-0.1, -0.05) is 13.8 Å². The number of methoxy groups -OCH3 is 2. The Hall–Kier alpha value is -2.72. The Labute approximate surface area is 189 Å². The third-order valence-electron chi connectivity index (χ3n) is 4.35. The predicted molar refractivity (Wildman–Crippen MR) is 116 cm³/mol. The van der Waals surface area contributed by atoms with Crippen LogP contribution in [0.15, 0.2) is 24.3 Å². The molecule has 0 aromatic carbocycles. The Morgan fingerprint density at radius 2 is 1.34 bits per heavy atom. The number of nitrogens with zero attached hydrogens (tertiary/aromatic N) is 1. The molecule has 32 heavy (non-hydrogen) atoms. The van der Waals surface area contributed by atoms with Gasteiger partial charge in [0.2, 0.25) is 0 Å². The highest BCUT2D eigenvalue weighted by molar-refractivity contribution is 5.92. The summed E-state index contributed by atoms with van der Waals surface area (Å²) in [5.41, 5.74) is 0. The van der Waals surface area contributed by atoms with Gasteiger partial charge in [0, 0.05) is 24.3 Å². The van der Waals surface area contributed by atoms with Crippen molar-refractivity contribution in [3.63, 3.8) is 0 Å². The Bertz CT molecular complexity index is 641. The van der Waals surface area contributed by atoms with Crippen LogP contribution in [-0.2, 0) is 42.9 Å². The van der Waals surface area contributed by atoms with Crippen LogP contribution in [0.1, 0.15) is 33.6 Å². The summed E-state index contributed by atoms with van der Waals surface area (Å²) in [5, 5.41) is 0. The van der Waals surface area contributed by atoms with E-state index in [1.54, 1.807) is 0 Å². The summed E-state index contributed by atoms with van der Waals surface area (Å²) < 4.78 is 24.8. The van der Waals surface area contributed by atoms with Crippen LogP contribution in [-0.4, -0.2) is 88.1 Å². The SMILES string of the molecule is CCN(CC)CCCC(C)OCC(COC(=O)/C=C/C(=O)OC)OC(=O)/C=C/C(=O)OC. The van der Waals surface area contributed by atoms with E-state index in [4.69, 9.17) is 14.2 Å². The average molecular weight is 458 g/mol. The van der Waals surface area contributed by atoms with Gasteiger partial charge >= 0.3 is 23.9 Å². The van der Waals surface area contributed by atoms with Crippen molar-refractivity contribution in [2.45, 2.75) is 45.8 Å². The molecule has 0 radical (unpaired) electrons. The fraction of sp³-hybridized carbons (Fsp3) is 0.636. The minimum Gasteiger partial charge on any atom is -0.466 e.